The Labute approximate surface area is 122 Å². The maximum atomic E-state index is 10.3. The van der Waals surface area contributed by atoms with E-state index in [-0.39, 0.29) is 11.2 Å². The first-order valence-corrected chi connectivity index (χ1v) is 8.60. The molecular formula is C12H22O5S2. The maximum absolute atomic E-state index is 10.3. The fraction of sp³-hybridized carbons (Fsp3) is 1.00. The van der Waals surface area contributed by atoms with Gasteiger partial charge in [-0.05, 0) is 31.8 Å². The summed E-state index contributed by atoms with van der Waals surface area (Å²) in [6.45, 7) is 3.24. The van der Waals surface area contributed by atoms with Gasteiger partial charge in [0, 0.05) is 0 Å². The van der Waals surface area contributed by atoms with Crippen molar-refractivity contribution in [3.63, 3.8) is 0 Å². The van der Waals surface area contributed by atoms with Gasteiger partial charge >= 0.3 is 0 Å². The second-order valence-electron chi connectivity index (χ2n) is 5.27. The zero-order valence-corrected chi connectivity index (χ0v) is 12.8. The van der Waals surface area contributed by atoms with Gasteiger partial charge in [0.1, 0.15) is 24.4 Å². The molecule has 2 heterocycles. The summed E-state index contributed by atoms with van der Waals surface area (Å²) in [4.78, 5) is 0. The third-order valence-corrected chi connectivity index (χ3v) is 6.30. The summed E-state index contributed by atoms with van der Waals surface area (Å²) >= 11 is 3.32. The average Bonchev–Trinajstić information content (AvgIpc) is 2.73. The van der Waals surface area contributed by atoms with E-state index < -0.39 is 30.2 Å². The Kier molecular flexibility index (Phi) is 5.44. The summed E-state index contributed by atoms with van der Waals surface area (Å²) in [5, 5.41) is 29.9. The molecule has 2 aliphatic rings. The second kappa shape index (κ2) is 6.51. The van der Waals surface area contributed by atoms with E-state index in [0.717, 1.165) is 17.9 Å². The zero-order chi connectivity index (χ0) is 14.0. The summed E-state index contributed by atoms with van der Waals surface area (Å²) in [7, 11) is 0. The van der Waals surface area contributed by atoms with Gasteiger partial charge in [-0.25, -0.2) is 0 Å². The summed E-state index contributed by atoms with van der Waals surface area (Å²) in [6.07, 6.45) is -2.10. The third-order valence-electron chi connectivity index (χ3n) is 3.22. The zero-order valence-electron chi connectivity index (χ0n) is 11.2. The Morgan fingerprint density at radius 3 is 2.37 bits per heavy atom. The molecule has 0 aromatic carbocycles. The second-order valence-corrected chi connectivity index (χ2v) is 8.06. The highest BCUT2D eigenvalue weighted by atomic mass is 32.2. The molecule has 3 N–H and O–H groups in total. The highest BCUT2D eigenvalue weighted by Gasteiger charge is 2.47. The molecule has 2 rings (SSSR count). The van der Waals surface area contributed by atoms with Crippen LogP contribution in [0.25, 0.3) is 0 Å². The van der Waals surface area contributed by atoms with Crippen LogP contribution in [-0.2, 0) is 9.47 Å². The van der Waals surface area contributed by atoms with Gasteiger partial charge in [-0.3, -0.25) is 0 Å². The van der Waals surface area contributed by atoms with Crippen molar-refractivity contribution < 1.29 is 24.8 Å². The van der Waals surface area contributed by atoms with Crippen LogP contribution in [-0.4, -0.2) is 68.2 Å². The lowest BCUT2D eigenvalue weighted by Crippen LogP contribution is -2.48. The minimum absolute atomic E-state index is 0.0459. The first kappa shape index (κ1) is 15.9. The van der Waals surface area contributed by atoms with Gasteiger partial charge in [-0.1, -0.05) is 0 Å². The lowest BCUT2D eigenvalue weighted by molar-refractivity contribution is -0.162. The smallest absolute Gasteiger partial charge is 0.164 e. The fourth-order valence-electron chi connectivity index (χ4n) is 2.35. The number of thioether (sulfide) groups is 2. The number of aliphatic hydroxyl groups excluding tert-OH is 3. The molecule has 112 valence electrons. The Morgan fingerprint density at radius 2 is 1.79 bits per heavy atom. The molecule has 0 spiro atoms. The van der Waals surface area contributed by atoms with Gasteiger partial charge in [0.2, 0.25) is 0 Å². The number of hydrogen-bond acceptors (Lipinski definition) is 7. The van der Waals surface area contributed by atoms with E-state index >= 15 is 0 Å². The Hall–Kier alpha value is 0.500. The summed E-state index contributed by atoms with van der Waals surface area (Å²) in [5.41, 5.74) is 0. The van der Waals surface area contributed by atoms with Crippen LogP contribution in [0.1, 0.15) is 20.3 Å². The van der Waals surface area contributed by atoms with Crippen molar-refractivity contribution in [1.29, 1.82) is 0 Å². The summed E-state index contributed by atoms with van der Waals surface area (Å²) < 4.78 is 11.1. The van der Waals surface area contributed by atoms with E-state index in [1.54, 1.807) is 37.4 Å². The Bertz CT molecular complexity index is 296. The van der Waals surface area contributed by atoms with Gasteiger partial charge in [0.05, 0.1) is 11.2 Å². The fourth-order valence-corrected chi connectivity index (χ4v) is 5.30. The number of aliphatic hydroxyl groups is 3. The minimum Gasteiger partial charge on any atom is -0.394 e. The monoisotopic (exact) mass is 310 g/mol. The van der Waals surface area contributed by atoms with Crippen molar-refractivity contribution >= 4 is 23.5 Å². The summed E-state index contributed by atoms with van der Waals surface area (Å²) in [5.74, 6) is 1.16. The Balaban J connectivity index is 1.99. The van der Waals surface area contributed by atoms with Crippen molar-refractivity contribution in [1.82, 2.24) is 0 Å². The molecule has 0 aromatic rings. The molecule has 5 nitrogen and oxygen atoms in total. The van der Waals surface area contributed by atoms with E-state index in [0.29, 0.717) is 0 Å². The minimum atomic E-state index is -1.05. The quantitative estimate of drug-likeness (QED) is 0.694. The Morgan fingerprint density at radius 1 is 1.16 bits per heavy atom. The highest BCUT2D eigenvalue weighted by Crippen LogP contribution is 2.37. The maximum Gasteiger partial charge on any atom is 0.164 e. The molecule has 0 amide bonds. The van der Waals surface area contributed by atoms with Crippen LogP contribution >= 0.6 is 23.5 Å². The first-order valence-electron chi connectivity index (χ1n) is 6.50. The highest BCUT2D eigenvalue weighted by molar-refractivity contribution is 8.17. The van der Waals surface area contributed by atoms with Gasteiger partial charge < -0.3 is 24.8 Å². The molecule has 0 saturated carbocycles. The van der Waals surface area contributed by atoms with Crippen LogP contribution < -0.4 is 0 Å². The molecular weight excluding hydrogens is 288 g/mol. The third kappa shape index (κ3) is 3.78. The average molecular weight is 310 g/mol. The van der Waals surface area contributed by atoms with E-state index in [2.05, 4.69) is 0 Å². The van der Waals surface area contributed by atoms with Crippen molar-refractivity contribution in [2.45, 2.75) is 55.1 Å². The molecule has 0 unspecified atom stereocenters. The molecule has 0 aromatic heterocycles. The lowest BCUT2D eigenvalue weighted by Gasteiger charge is -2.32. The molecule has 4 atom stereocenters. The van der Waals surface area contributed by atoms with E-state index in [4.69, 9.17) is 9.47 Å². The molecule has 7 heteroatoms. The topological polar surface area (TPSA) is 79.2 Å². The van der Waals surface area contributed by atoms with Crippen LogP contribution in [0.2, 0.25) is 0 Å². The molecule has 0 bridgehead atoms. The molecule has 2 fully saturated rings. The normalized spacial score (nSPS) is 35.2. The van der Waals surface area contributed by atoms with Crippen molar-refractivity contribution in [3.8, 4) is 0 Å². The van der Waals surface area contributed by atoms with Crippen LogP contribution in [0.15, 0.2) is 0 Å². The van der Waals surface area contributed by atoms with Crippen molar-refractivity contribution in [2.24, 2.45) is 0 Å². The molecule has 2 saturated heterocycles. The lowest BCUT2D eigenvalue weighted by atomic mass is 10.0. The van der Waals surface area contributed by atoms with E-state index in [1.807, 2.05) is 0 Å². The molecule has 0 radical (unpaired) electrons. The molecule has 0 aliphatic carbocycles. The number of hydrogen-bond donors (Lipinski definition) is 3. The standard InChI is InChI=1S/C12H22O5S2/c1-12(2)16-7(6-13)10(17-12)8(14)9(15)11-18-4-3-5-19-11/h7-11,13-15H,3-6H2,1-2H3/t7-,8+,9-,10+/m0/s1. The summed E-state index contributed by atoms with van der Waals surface area (Å²) in [6, 6.07) is 0. The predicted octanol–water partition coefficient (Wildman–Crippen LogP) is 0.417. The molecule has 2 aliphatic heterocycles. The van der Waals surface area contributed by atoms with Crippen LogP contribution in [0.4, 0.5) is 0 Å². The predicted molar refractivity (Wildman–Crippen MR) is 76.2 cm³/mol. The van der Waals surface area contributed by atoms with Crippen molar-refractivity contribution in [2.75, 3.05) is 18.1 Å². The number of rotatable bonds is 4. The first-order chi connectivity index (χ1) is 8.94. The van der Waals surface area contributed by atoms with Gasteiger partial charge in [-0.2, -0.15) is 0 Å². The van der Waals surface area contributed by atoms with Gasteiger partial charge in [0.25, 0.3) is 0 Å². The number of ether oxygens (including phenoxy) is 2. The molecule has 19 heavy (non-hydrogen) atoms. The van der Waals surface area contributed by atoms with Crippen LogP contribution in [0, 0.1) is 0 Å². The van der Waals surface area contributed by atoms with E-state index in [1.165, 1.54) is 0 Å². The van der Waals surface area contributed by atoms with Crippen LogP contribution in [0.3, 0.4) is 0 Å². The van der Waals surface area contributed by atoms with E-state index in [9.17, 15) is 15.3 Å². The van der Waals surface area contributed by atoms with Gasteiger partial charge in [0.15, 0.2) is 5.79 Å². The van der Waals surface area contributed by atoms with Crippen molar-refractivity contribution in [3.05, 3.63) is 0 Å². The SMILES string of the molecule is CC1(C)O[C@@H]([C@H](O)[C@H](O)C2SCCCS2)[C@H](CO)O1. The largest absolute Gasteiger partial charge is 0.394 e. The van der Waals surface area contributed by atoms with Gasteiger partial charge in [-0.15, -0.1) is 23.5 Å². The van der Waals surface area contributed by atoms with Crippen LogP contribution in [0.5, 0.6) is 0 Å².